The SMILES string of the molecule is c1ccc(-c2ccccc2OCc2ccc(COc3ccccc3-c3ccccc3)cc2)cc1. The molecule has 0 amide bonds. The first-order chi connectivity index (χ1) is 16.9. The molecule has 0 aliphatic rings. The number of hydrogen-bond acceptors (Lipinski definition) is 2. The summed E-state index contributed by atoms with van der Waals surface area (Å²) in [6.07, 6.45) is 0. The van der Waals surface area contributed by atoms with Crippen molar-refractivity contribution in [2.75, 3.05) is 0 Å². The van der Waals surface area contributed by atoms with Crippen LogP contribution < -0.4 is 9.47 Å². The Hall–Kier alpha value is -4.30. The van der Waals surface area contributed by atoms with E-state index in [4.69, 9.17) is 9.47 Å². The van der Waals surface area contributed by atoms with E-state index in [0.29, 0.717) is 13.2 Å². The van der Waals surface area contributed by atoms with Crippen molar-refractivity contribution in [1.82, 2.24) is 0 Å². The molecule has 0 radical (unpaired) electrons. The molecule has 5 aromatic carbocycles. The first-order valence-electron chi connectivity index (χ1n) is 11.5. The van der Waals surface area contributed by atoms with E-state index in [1.165, 1.54) is 0 Å². The van der Waals surface area contributed by atoms with E-state index in [1.54, 1.807) is 0 Å². The van der Waals surface area contributed by atoms with Gasteiger partial charge in [0.25, 0.3) is 0 Å². The summed E-state index contributed by atoms with van der Waals surface area (Å²) in [7, 11) is 0. The molecule has 34 heavy (non-hydrogen) atoms. The van der Waals surface area contributed by atoms with Crippen molar-refractivity contribution in [2.24, 2.45) is 0 Å². The van der Waals surface area contributed by atoms with Gasteiger partial charge in [-0.25, -0.2) is 0 Å². The standard InChI is InChI=1S/C32H26O2/c1-3-11-27(12-4-1)29-15-7-9-17-31(29)33-23-25-19-21-26(22-20-25)24-34-32-18-10-8-16-30(32)28-13-5-2-6-14-28/h1-22H,23-24H2. The average molecular weight is 443 g/mol. The summed E-state index contributed by atoms with van der Waals surface area (Å²) >= 11 is 0. The number of hydrogen-bond donors (Lipinski definition) is 0. The van der Waals surface area contributed by atoms with E-state index < -0.39 is 0 Å². The fourth-order valence-electron chi connectivity index (χ4n) is 3.95. The monoisotopic (exact) mass is 442 g/mol. The highest BCUT2D eigenvalue weighted by Crippen LogP contribution is 2.31. The van der Waals surface area contributed by atoms with Crippen LogP contribution in [0.25, 0.3) is 22.3 Å². The van der Waals surface area contributed by atoms with E-state index >= 15 is 0 Å². The van der Waals surface area contributed by atoms with Crippen LogP contribution in [0.1, 0.15) is 11.1 Å². The molecule has 5 rings (SSSR count). The van der Waals surface area contributed by atoms with Crippen molar-refractivity contribution in [3.63, 3.8) is 0 Å². The number of benzene rings is 5. The van der Waals surface area contributed by atoms with Gasteiger partial charge >= 0.3 is 0 Å². The van der Waals surface area contributed by atoms with E-state index in [-0.39, 0.29) is 0 Å². The van der Waals surface area contributed by atoms with Gasteiger partial charge in [0, 0.05) is 11.1 Å². The summed E-state index contributed by atoms with van der Waals surface area (Å²) in [5.74, 6) is 1.78. The van der Waals surface area contributed by atoms with Crippen LogP contribution in [-0.4, -0.2) is 0 Å². The van der Waals surface area contributed by atoms with Crippen molar-refractivity contribution >= 4 is 0 Å². The van der Waals surface area contributed by atoms with E-state index in [0.717, 1.165) is 44.9 Å². The van der Waals surface area contributed by atoms with Crippen LogP contribution in [0.3, 0.4) is 0 Å². The third-order valence-electron chi connectivity index (χ3n) is 5.76. The second-order valence-corrected chi connectivity index (χ2v) is 8.12. The number of ether oxygens (including phenoxy) is 2. The van der Waals surface area contributed by atoms with Crippen molar-refractivity contribution < 1.29 is 9.47 Å². The predicted octanol–water partition coefficient (Wildman–Crippen LogP) is 8.18. The Kier molecular flexibility index (Phi) is 6.68. The maximum absolute atomic E-state index is 6.18. The molecule has 0 bridgehead atoms. The lowest BCUT2D eigenvalue weighted by Crippen LogP contribution is -1.99. The highest BCUT2D eigenvalue weighted by atomic mass is 16.5. The van der Waals surface area contributed by atoms with Gasteiger partial charge in [-0.3, -0.25) is 0 Å². The van der Waals surface area contributed by atoms with Gasteiger partial charge in [-0.2, -0.15) is 0 Å². The molecular formula is C32H26O2. The minimum absolute atomic E-state index is 0.516. The molecule has 0 unspecified atom stereocenters. The summed E-state index contributed by atoms with van der Waals surface area (Å²) in [4.78, 5) is 0. The minimum atomic E-state index is 0.516. The maximum Gasteiger partial charge on any atom is 0.127 e. The smallest absolute Gasteiger partial charge is 0.127 e. The topological polar surface area (TPSA) is 18.5 Å². The van der Waals surface area contributed by atoms with Gasteiger partial charge in [0.1, 0.15) is 24.7 Å². The molecule has 166 valence electrons. The van der Waals surface area contributed by atoms with Gasteiger partial charge in [0.15, 0.2) is 0 Å². The third kappa shape index (κ3) is 5.19. The lowest BCUT2D eigenvalue weighted by Gasteiger charge is -2.13. The van der Waals surface area contributed by atoms with Crippen LogP contribution in [-0.2, 0) is 13.2 Å². The first kappa shape index (κ1) is 21.5. The summed E-state index contributed by atoms with van der Waals surface area (Å²) < 4.78 is 12.4. The quantitative estimate of drug-likeness (QED) is 0.241. The third-order valence-corrected chi connectivity index (χ3v) is 5.76. The van der Waals surface area contributed by atoms with Gasteiger partial charge < -0.3 is 9.47 Å². The molecule has 2 nitrogen and oxygen atoms in total. The molecule has 0 N–H and O–H groups in total. The molecule has 5 aromatic rings. The lowest BCUT2D eigenvalue weighted by atomic mass is 10.0. The zero-order valence-corrected chi connectivity index (χ0v) is 18.9. The van der Waals surface area contributed by atoms with E-state index in [2.05, 4.69) is 60.7 Å². The van der Waals surface area contributed by atoms with Gasteiger partial charge in [0.2, 0.25) is 0 Å². The van der Waals surface area contributed by atoms with Gasteiger partial charge in [0.05, 0.1) is 0 Å². The van der Waals surface area contributed by atoms with Gasteiger partial charge in [-0.15, -0.1) is 0 Å². The lowest BCUT2D eigenvalue weighted by molar-refractivity contribution is 0.304. The molecule has 0 saturated heterocycles. The normalized spacial score (nSPS) is 10.6. The number of rotatable bonds is 8. The largest absolute Gasteiger partial charge is 0.488 e. The Morgan fingerprint density at radius 2 is 0.706 bits per heavy atom. The van der Waals surface area contributed by atoms with Crippen LogP contribution in [0.4, 0.5) is 0 Å². The van der Waals surface area contributed by atoms with Crippen LogP contribution in [0.2, 0.25) is 0 Å². The van der Waals surface area contributed by atoms with Crippen molar-refractivity contribution in [3.8, 4) is 33.8 Å². The summed E-state index contributed by atoms with van der Waals surface area (Å²) in [5.41, 5.74) is 6.76. The molecule has 0 aliphatic carbocycles. The Labute approximate surface area is 201 Å². The van der Waals surface area contributed by atoms with Crippen LogP contribution in [0.15, 0.2) is 133 Å². The molecule has 2 heteroatoms. The maximum atomic E-state index is 6.18. The molecule has 0 saturated carbocycles. The van der Waals surface area contributed by atoms with Crippen LogP contribution in [0, 0.1) is 0 Å². The molecule has 0 heterocycles. The molecule has 0 atom stereocenters. The number of para-hydroxylation sites is 2. The van der Waals surface area contributed by atoms with Crippen LogP contribution in [0.5, 0.6) is 11.5 Å². The molecule has 0 spiro atoms. The van der Waals surface area contributed by atoms with Crippen molar-refractivity contribution in [1.29, 1.82) is 0 Å². The summed E-state index contributed by atoms with van der Waals surface area (Å²) in [6, 6.07) is 45.4. The highest BCUT2D eigenvalue weighted by molar-refractivity contribution is 5.71. The second-order valence-electron chi connectivity index (χ2n) is 8.12. The highest BCUT2D eigenvalue weighted by Gasteiger charge is 2.07. The van der Waals surface area contributed by atoms with E-state index in [9.17, 15) is 0 Å². The van der Waals surface area contributed by atoms with Crippen LogP contribution >= 0.6 is 0 Å². The first-order valence-corrected chi connectivity index (χ1v) is 11.5. The minimum Gasteiger partial charge on any atom is -0.488 e. The Morgan fingerprint density at radius 3 is 1.12 bits per heavy atom. The molecular weight excluding hydrogens is 416 g/mol. The van der Waals surface area contributed by atoms with Gasteiger partial charge in [-0.05, 0) is 34.4 Å². The molecule has 0 aliphatic heterocycles. The molecule has 0 fully saturated rings. The summed E-state index contributed by atoms with van der Waals surface area (Å²) in [6.45, 7) is 1.03. The Morgan fingerprint density at radius 1 is 0.353 bits per heavy atom. The van der Waals surface area contributed by atoms with Gasteiger partial charge in [-0.1, -0.05) is 121 Å². The van der Waals surface area contributed by atoms with Crippen molar-refractivity contribution in [3.05, 3.63) is 145 Å². The zero-order chi connectivity index (χ0) is 23.0. The van der Waals surface area contributed by atoms with E-state index in [1.807, 2.05) is 72.8 Å². The Bertz CT molecular complexity index is 1220. The fraction of sp³-hybridized carbons (Fsp3) is 0.0625. The predicted molar refractivity (Wildman–Crippen MR) is 139 cm³/mol. The summed E-state index contributed by atoms with van der Waals surface area (Å²) in [5, 5.41) is 0. The zero-order valence-electron chi connectivity index (χ0n) is 18.9. The molecule has 0 aromatic heterocycles. The van der Waals surface area contributed by atoms with Crippen molar-refractivity contribution in [2.45, 2.75) is 13.2 Å². The fourth-order valence-corrected chi connectivity index (χ4v) is 3.95. The second kappa shape index (κ2) is 10.5. The average Bonchev–Trinajstić information content (AvgIpc) is 2.93. The Balaban J connectivity index is 1.23.